The number of aromatic nitrogens is 2. The molecule has 3 saturated heterocycles. The van der Waals surface area contributed by atoms with Gasteiger partial charge in [-0.2, -0.15) is 0 Å². The fourth-order valence-electron chi connectivity index (χ4n) is 4.61. The third-order valence-corrected chi connectivity index (χ3v) is 7.88. The van der Waals surface area contributed by atoms with E-state index in [1.54, 1.807) is 29.3 Å². The minimum absolute atomic E-state index is 0.0167. The Kier molecular flexibility index (Phi) is 6.41. The van der Waals surface area contributed by atoms with E-state index in [4.69, 9.17) is 27.7 Å². The third-order valence-electron chi connectivity index (χ3n) is 6.51. The van der Waals surface area contributed by atoms with Crippen molar-refractivity contribution in [1.29, 1.82) is 0 Å². The zero-order valence-corrected chi connectivity index (χ0v) is 20.1. The van der Waals surface area contributed by atoms with Crippen LogP contribution in [-0.4, -0.2) is 62.8 Å². The summed E-state index contributed by atoms with van der Waals surface area (Å²) in [6, 6.07) is 5.35. The first-order valence-electron chi connectivity index (χ1n) is 11.3. The molecule has 3 fully saturated rings. The first-order valence-corrected chi connectivity index (χ1v) is 12.6. The number of fused-ring (bicyclic) bond motifs is 1. The zero-order valence-electron chi connectivity index (χ0n) is 18.5. The normalized spacial score (nSPS) is 22.9. The van der Waals surface area contributed by atoms with Crippen LogP contribution in [0.1, 0.15) is 31.2 Å². The second-order valence-corrected chi connectivity index (χ2v) is 10.3. The quantitative estimate of drug-likeness (QED) is 0.490. The van der Waals surface area contributed by atoms with Crippen LogP contribution in [0.3, 0.4) is 0 Å². The van der Waals surface area contributed by atoms with Crippen molar-refractivity contribution in [2.45, 2.75) is 31.8 Å². The summed E-state index contributed by atoms with van der Waals surface area (Å²) in [6.07, 6.45) is 6.31. The molecule has 0 aromatic carbocycles. The van der Waals surface area contributed by atoms with E-state index in [9.17, 15) is 14.4 Å². The third kappa shape index (κ3) is 4.35. The van der Waals surface area contributed by atoms with Crippen LogP contribution in [0.4, 0.5) is 5.82 Å². The fraction of sp³-hybridized carbons (Fsp3) is 0.435. The standard InChI is InChI=1S/C23H25N5O4S2/c24-19(29)14-6-9-26(10-7-14)20-16(21(30)27-8-2-1-5-18(27)25-20)12-17-22(31)28(23(33)34-17)13-15-4-3-11-32-15/h1-2,5,8,12,14-15H,3-4,6-7,9-11,13H2,(H2,24,29)/b17-12-. The van der Waals surface area contributed by atoms with Gasteiger partial charge in [-0.15, -0.1) is 0 Å². The highest BCUT2D eigenvalue weighted by atomic mass is 32.2. The smallest absolute Gasteiger partial charge is 0.267 e. The Morgan fingerprint density at radius 3 is 2.76 bits per heavy atom. The van der Waals surface area contributed by atoms with Gasteiger partial charge in [0.25, 0.3) is 11.5 Å². The van der Waals surface area contributed by atoms with Crippen LogP contribution < -0.4 is 16.2 Å². The first kappa shape index (κ1) is 23.0. The summed E-state index contributed by atoms with van der Waals surface area (Å²) in [7, 11) is 0. The van der Waals surface area contributed by atoms with Crippen LogP contribution in [0, 0.1) is 5.92 Å². The summed E-state index contributed by atoms with van der Waals surface area (Å²) in [6.45, 7) is 2.21. The van der Waals surface area contributed by atoms with E-state index >= 15 is 0 Å². The Balaban J connectivity index is 1.51. The van der Waals surface area contributed by atoms with E-state index in [1.165, 1.54) is 16.2 Å². The van der Waals surface area contributed by atoms with Crippen molar-refractivity contribution in [3.05, 3.63) is 45.2 Å². The average molecular weight is 500 g/mol. The minimum Gasteiger partial charge on any atom is -0.376 e. The van der Waals surface area contributed by atoms with E-state index in [0.717, 1.165) is 12.8 Å². The van der Waals surface area contributed by atoms with E-state index < -0.39 is 0 Å². The summed E-state index contributed by atoms with van der Waals surface area (Å²) in [4.78, 5) is 47.0. The molecule has 34 heavy (non-hydrogen) atoms. The van der Waals surface area contributed by atoms with Gasteiger partial charge in [0.2, 0.25) is 5.91 Å². The molecule has 0 bridgehead atoms. The molecular weight excluding hydrogens is 474 g/mol. The maximum Gasteiger partial charge on any atom is 0.267 e. The lowest BCUT2D eigenvalue weighted by molar-refractivity contribution is -0.123. The number of primary amides is 1. The number of rotatable bonds is 5. The first-order chi connectivity index (χ1) is 16.4. The SMILES string of the molecule is NC(=O)C1CCN(c2nc3ccccn3c(=O)c2/C=C2\SC(=S)N(CC3CCCO3)C2=O)CC1. The zero-order chi connectivity index (χ0) is 23.8. The molecule has 178 valence electrons. The molecule has 9 nitrogen and oxygen atoms in total. The summed E-state index contributed by atoms with van der Waals surface area (Å²) >= 11 is 6.66. The molecule has 5 heterocycles. The fourth-order valence-corrected chi connectivity index (χ4v) is 5.87. The number of carbonyl (C=O) groups is 2. The van der Waals surface area contributed by atoms with Gasteiger partial charge < -0.3 is 15.4 Å². The number of piperidine rings is 1. The van der Waals surface area contributed by atoms with Crippen molar-refractivity contribution >= 4 is 57.7 Å². The van der Waals surface area contributed by atoms with Crippen LogP contribution in [0.15, 0.2) is 34.1 Å². The lowest BCUT2D eigenvalue weighted by Gasteiger charge is -2.32. The molecule has 2 aromatic heterocycles. The second-order valence-electron chi connectivity index (χ2n) is 8.67. The Morgan fingerprint density at radius 1 is 1.26 bits per heavy atom. The minimum atomic E-state index is -0.304. The molecule has 0 spiro atoms. The van der Waals surface area contributed by atoms with E-state index in [-0.39, 0.29) is 29.4 Å². The van der Waals surface area contributed by atoms with Crippen molar-refractivity contribution in [2.75, 3.05) is 31.1 Å². The Bertz CT molecular complexity index is 1250. The number of hydrogen-bond acceptors (Lipinski definition) is 8. The summed E-state index contributed by atoms with van der Waals surface area (Å²) in [5, 5.41) is 0. The largest absolute Gasteiger partial charge is 0.376 e. The Morgan fingerprint density at radius 2 is 2.06 bits per heavy atom. The van der Waals surface area contributed by atoms with Crippen LogP contribution >= 0.6 is 24.0 Å². The molecule has 2 aromatic rings. The summed E-state index contributed by atoms with van der Waals surface area (Å²) in [5.74, 6) is -0.207. The molecule has 5 rings (SSSR count). The van der Waals surface area contributed by atoms with Gasteiger partial charge in [0, 0.05) is 31.8 Å². The second kappa shape index (κ2) is 9.47. The number of nitrogens with zero attached hydrogens (tertiary/aromatic N) is 4. The molecule has 11 heteroatoms. The van der Waals surface area contributed by atoms with Gasteiger partial charge >= 0.3 is 0 Å². The molecular formula is C23H25N5O4S2. The predicted octanol–water partition coefficient (Wildman–Crippen LogP) is 1.78. The maximum atomic E-state index is 13.5. The van der Waals surface area contributed by atoms with E-state index in [1.807, 2.05) is 11.0 Å². The molecule has 0 aliphatic carbocycles. The average Bonchev–Trinajstić information content (AvgIpc) is 3.45. The van der Waals surface area contributed by atoms with Crippen molar-refractivity contribution in [1.82, 2.24) is 14.3 Å². The molecule has 2 N–H and O–H groups in total. The number of amides is 2. The molecule has 3 aliphatic rings. The summed E-state index contributed by atoms with van der Waals surface area (Å²) < 4.78 is 7.60. The van der Waals surface area contributed by atoms with Gasteiger partial charge in [-0.3, -0.25) is 23.7 Å². The number of thioether (sulfide) groups is 1. The molecule has 2 amide bonds. The molecule has 0 radical (unpaired) electrons. The molecule has 1 atom stereocenters. The Labute approximate surface area is 205 Å². The molecule has 0 saturated carbocycles. The number of anilines is 1. The van der Waals surface area contributed by atoms with Crippen LogP contribution in [0.5, 0.6) is 0 Å². The van der Waals surface area contributed by atoms with Gasteiger partial charge in [-0.1, -0.05) is 30.0 Å². The number of thiocarbonyl (C=S) groups is 1. The number of carbonyl (C=O) groups excluding carboxylic acids is 2. The van der Waals surface area contributed by atoms with Crippen LogP contribution in [0.2, 0.25) is 0 Å². The van der Waals surface area contributed by atoms with Crippen molar-refractivity contribution < 1.29 is 14.3 Å². The van der Waals surface area contributed by atoms with Gasteiger partial charge in [-0.25, -0.2) is 4.98 Å². The lowest BCUT2D eigenvalue weighted by Crippen LogP contribution is -2.40. The number of hydrogen-bond donors (Lipinski definition) is 1. The number of nitrogens with two attached hydrogens (primary N) is 1. The lowest BCUT2D eigenvalue weighted by atomic mass is 9.96. The maximum absolute atomic E-state index is 13.5. The molecule has 3 aliphatic heterocycles. The van der Waals surface area contributed by atoms with Crippen molar-refractivity contribution in [3.8, 4) is 0 Å². The van der Waals surface area contributed by atoms with Gasteiger partial charge in [0.15, 0.2) is 0 Å². The highest BCUT2D eigenvalue weighted by Gasteiger charge is 2.35. The highest BCUT2D eigenvalue weighted by molar-refractivity contribution is 8.26. The topological polar surface area (TPSA) is 110 Å². The number of pyridine rings is 1. The highest BCUT2D eigenvalue weighted by Crippen LogP contribution is 2.35. The van der Waals surface area contributed by atoms with E-state index in [0.29, 0.717) is 65.3 Å². The monoisotopic (exact) mass is 499 g/mol. The summed E-state index contributed by atoms with van der Waals surface area (Å²) in [5.41, 5.74) is 6.07. The van der Waals surface area contributed by atoms with Crippen LogP contribution in [0.25, 0.3) is 11.7 Å². The number of ether oxygens (including phenoxy) is 1. The van der Waals surface area contributed by atoms with Gasteiger partial charge in [-0.05, 0) is 43.9 Å². The van der Waals surface area contributed by atoms with E-state index in [2.05, 4.69) is 0 Å². The molecule has 1 unspecified atom stereocenters. The van der Waals surface area contributed by atoms with Gasteiger partial charge in [0.05, 0.1) is 23.1 Å². The van der Waals surface area contributed by atoms with Crippen LogP contribution in [-0.2, 0) is 14.3 Å². The van der Waals surface area contributed by atoms with Gasteiger partial charge in [0.1, 0.15) is 15.8 Å². The van der Waals surface area contributed by atoms with Crippen molar-refractivity contribution in [3.63, 3.8) is 0 Å². The van der Waals surface area contributed by atoms with Crippen molar-refractivity contribution in [2.24, 2.45) is 11.7 Å². The Hall–Kier alpha value is -2.76. The predicted molar refractivity (Wildman–Crippen MR) is 134 cm³/mol.